The number of carbonyl (C=O) groups is 1. The van der Waals surface area contributed by atoms with E-state index in [1.54, 1.807) is 6.20 Å². The topological polar surface area (TPSA) is 56.7 Å². The molecule has 0 aliphatic carbocycles. The molecule has 1 aliphatic heterocycles. The summed E-state index contributed by atoms with van der Waals surface area (Å²) in [5.74, 6) is 0.234. The van der Waals surface area contributed by atoms with E-state index >= 15 is 0 Å². The Morgan fingerprint density at radius 2 is 1.84 bits per heavy atom. The zero-order valence-corrected chi connectivity index (χ0v) is 14.0. The van der Waals surface area contributed by atoms with Gasteiger partial charge in [-0.25, -0.2) is 9.37 Å². The molecule has 1 aromatic carbocycles. The first-order valence-corrected chi connectivity index (χ1v) is 8.49. The lowest BCUT2D eigenvalue weighted by Gasteiger charge is -2.35. The molecule has 1 aliphatic rings. The van der Waals surface area contributed by atoms with E-state index in [-0.39, 0.29) is 5.78 Å². The van der Waals surface area contributed by atoms with Crippen LogP contribution >= 0.6 is 0 Å². The number of nitrogens with zero attached hydrogens (tertiary/aromatic N) is 3. The van der Waals surface area contributed by atoms with Crippen molar-refractivity contribution in [1.82, 2.24) is 9.88 Å². The molecule has 1 N–H and O–H groups in total. The highest BCUT2D eigenvalue weighted by Crippen LogP contribution is 2.14. The molecule has 132 valence electrons. The van der Waals surface area contributed by atoms with Gasteiger partial charge in [0.2, 0.25) is 0 Å². The predicted octanol–water partition coefficient (Wildman–Crippen LogP) is 1.98. The monoisotopic (exact) mass is 343 g/mol. The van der Waals surface area contributed by atoms with E-state index in [0.717, 1.165) is 32.0 Å². The minimum atomic E-state index is -1.06. The summed E-state index contributed by atoms with van der Waals surface area (Å²) in [7, 11) is 0. The van der Waals surface area contributed by atoms with Crippen molar-refractivity contribution in [3.8, 4) is 0 Å². The van der Waals surface area contributed by atoms with Crippen molar-refractivity contribution in [2.24, 2.45) is 0 Å². The molecule has 1 fully saturated rings. The number of ketones is 1. The fourth-order valence-corrected chi connectivity index (χ4v) is 2.98. The second-order valence-corrected chi connectivity index (χ2v) is 6.19. The lowest BCUT2D eigenvalue weighted by molar-refractivity contribution is 0.0700. The van der Waals surface area contributed by atoms with Crippen LogP contribution in [0.15, 0.2) is 48.7 Å². The highest BCUT2D eigenvalue weighted by atomic mass is 19.1. The molecule has 1 atom stereocenters. The van der Waals surface area contributed by atoms with Crippen LogP contribution < -0.4 is 4.90 Å². The Morgan fingerprint density at radius 1 is 1.12 bits per heavy atom. The van der Waals surface area contributed by atoms with Gasteiger partial charge >= 0.3 is 0 Å². The number of halogens is 1. The van der Waals surface area contributed by atoms with Gasteiger partial charge in [0.05, 0.1) is 0 Å². The molecule has 3 rings (SSSR count). The van der Waals surface area contributed by atoms with E-state index in [0.29, 0.717) is 18.5 Å². The molecule has 0 bridgehead atoms. The van der Waals surface area contributed by atoms with Gasteiger partial charge in [-0.1, -0.05) is 6.07 Å². The van der Waals surface area contributed by atoms with Crippen LogP contribution in [0.4, 0.5) is 10.2 Å². The van der Waals surface area contributed by atoms with Crippen LogP contribution in [0, 0.1) is 5.82 Å². The Labute approximate surface area is 146 Å². The molecular formula is C19H22FN3O2. The predicted molar refractivity (Wildman–Crippen MR) is 94.2 cm³/mol. The third-order valence-corrected chi connectivity index (χ3v) is 4.50. The summed E-state index contributed by atoms with van der Waals surface area (Å²) in [6.45, 7) is 4.14. The van der Waals surface area contributed by atoms with Gasteiger partial charge in [0.1, 0.15) is 17.7 Å². The average molecular weight is 343 g/mol. The van der Waals surface area contributed by atoms with Crippen molar-refractivity contribution in [1.29, 1.82) is 0 Å². The van der Waals surface area contributed by atoms with E-state index in [2.05, 4.69) is 14.8 Å². The van der Waals surface area contributed by atoms with E-state index in [1.165, 1.54) is 24.3 Å². The Kier molecular flexibility index (Phi) is 5.73. The van der Waals surface area contributed by atoms with Gasteiger partial charge in [-0.2, -0.15) is 0 Å². The normalized spacial score (nSPS) is 16.6. The number of carbonyl (C=O) groups excluding carboxylic acids is 1. The zero-order valence-electron chi connectivity index (χ0n) is 14.0. The van der Waals surface area contributed by atoms with Gasteiger partial charge in [-0.15, -0.1) is 0 Å². The molecule has 1 aromatic heterocycles. The second kappa shape index (κ2) is 8.18. The summed E-state index contributed by atoms with van der Waals surface area (Å²) >= 11 is 0. The Balaban J connectivity index is 1.45. The molecule has 1 unspecified atom stereocenters. The first-order chi connectivity index (χ1) is 12.1. The van der Waals surface area contributed by atoms with Crippen LogP contribution in [-0.4, -0.2) is 59.6 Å². The number of Topliss-reactive ketones (excluding diaryl/α,β-unsaturated/α-hetero) is 1. The molecule has 0 saturated carbocycles. The number of benzene rings is 1. The van der Waals surface area contributed by atoms with Crippen LogP contribution in [0.25, 0.3) is 0 Å². The average Bonchev–Trinajstić information content (AvgIpc) is 2.67. The fraction of sp³-hybridized carbons (Fsp3) is 0.368. The highest BCUT2D eigenvalue weighted by Gasteiger charge is 2.21. The van der Waals surface area contributed by atoms with Crippen LogP contribution in [-0.2, 0) is 0 Å². The Bertz CT molecular complexity index is 686. The first kappa shape index (κ1) is 17.5. The maximum atomic E-state index is 12.9. The number of aliphatic hydroxyl groups is 1. The number of piperazine rings is 1. The summed E-state index contributed by atoms with van der Waals surface area (Å²) in [6, 6.07) is 11.2. The molecular weight excluding hydrogens is 321 g/mol. The number of anilines is 1. The lowest BCUT2D eigenvalue weighted by atomic mass is 10.0. The summed E-state index contributed by atoms with van der Waals surface area (Å²) in [5.41, 5.74) is 0.342. The summed E-state index contributed by atoms with van der Waals surface area (Å²) in [5, 5.41) is 10.1. The Morgan fingerprint density at radius 3 is 2.48 bits per heavy atom. The van der Waals surface area contributed by atoms with Gasteiger partial charge in [0.15, 0.2) is 5.78 Å². The lowest BCUT2D eigenvalue weighted by Crippen LogP contribution is -2.47. The summed E-state index contributed by atoms with van der Waals surface area (Å²) in [4.78, 5) is 21.0. The zero-order chi connectivity index (χ0) is 17.6. The number of hydrogen-bond donors (Lipinski definition) is 1. The van der Waals surface area contributed by atoms with Crippen LogP contribution in [0.5, 0.6) is 0 Å². The molecule has 0 amide bonds. The summed E-state index contributed by atoms with van der Waals surface area (Å²) < 4.78 is 12.9. The number of hydrogen-bond acceptors (Lipinski definition) is 5. The van der Waals surface area contributed by atoms with Gasteiger partial charge < -0.3 is 10.0 Å². The fourth-order valence-electron chi connectivity index (χ4n) is 2.98. The molecule has 2 heterocycles. The molecule has 0 spiro atoms. The highest BCUT2D eigenvalue weighted by molar-refractivity contribution is 5.99. The molecule has 6 heteroatoms. The first-order valence-electron chi connectivity index (χ1n) is 8.49. The SMILES string of the molecule is O=C(c1ccc(F)cc1)C(O)CCN1CCN(c2ccccn2)CC1. The van der Waals surface area contributed by atoms with Gasteiger partial charge in [0.25, 0.3) is 0 Å². The number of pyridine rings is 1. The van der Waals surface area contributed by atoms with E-state index < -0.39 is 11.9 Å². The van der Waals surface area contributed by atoms with Crippen LogP contribution in [0.3, 0.4) is 0 Å². The summed E-state index contributed by atoms with van der Waals surface area (Å²) in [6.07, 6.45) is 1.11. The van der Waals surface area contributed by atoms with E-state index in [4.69, 9.17) is 0 Å². The maximum absolute atomic E-state index is 12.9. The van der Waals surface area contributed by atoms with Crippen molar-refractivity contribution in [2.45, 2.75) is 12.5 Å². The van der Waals surface area contributed by atoms with Gasteiger partial charge in [0, 0.05) is 44.5 Å². The quantitative estimate of drug-likeness (QED) is 0.813. The molecule has 25 heavy (non-hydrogen) atoms. The van der Waals surface area contributed by atoms with E-state index in [9.17, 15) is 14.3 Å². The van der Waals surface area contributed by atoms with Crippen molar-refractivity contribution < 1.29 is 14.3 Å². The van der Waals surface area contributed by atoms with Gasteiger partial charge in [-0.05, 0) is 42.8 Å². The minimum Gasteiger partial charge on any atom is -0.385 e. The van der Waals surface area contributed by atoms with Crippen molar-refractivity contribution in [3.63, 3.8) is 0 Å². The molecule has 5 nitrogen and oxygen atoms in total. The third kappa shape index (κ3) is 4.61. The second-order valence-electron chi connectivity index (χ2n) is 6.19. The van der Waals surface area contributed by atoms with Crippen molar-refractivity contribution in [2.75, 3.05) is 37.6 Å². The third-order valence-electron chi connectivity index (χ3n) is 4.50. The number of aliphatic hydroxyl groups excluding tert-OH is 1. The molecule has 2 aromatic rings. The van der Waals surface area contributed by atoms with Crippen molar-refractivity contribution >= 4 is 11.6 Å². The number of rotatable bonds is 6. The van der Waals surface area contributed by atoms with E-state index in [1.807, 2.05) is 18.2 Å². The van der Waals surface area contributed by atoms with Crippen LogP contribution in [0.2, 0.25) is 0 Å². The van der Waals surface area contributed by atoms with Gasteiger partial charge in [-0.3, -0.25) is 9.69 Å². The van der Waals surface area contributed by atoms with Crippen LogP contribution in [0.1, 0.15) is 16.8 Å². The molecule has 0 radical (unpaired) electrons. The largest absolute Gasteiger partial charge is 0.385 e. The standard InChI is InChI=1S/C19H22FN3O2/c20-16-6-4-15(5-7-16)19(25)17(24)8-10-22-11-13-23(14-12-22)18-3-1-2-9-21-18/h1-7,9,17,24H,8,10-14H2. The van der Waals surface area contributed by atoms with Crippen molar-refractivity contribution in [3.05, 3.63) is 60.0 Å². The molecule has 1 saturated heterocycles. The number of aromatic nitrogens is 1. The Hall–Kier alpha value is -2.31. The maximum Gasteiger partial charge on any atom is 0.191 e. The minimum absolute atomic E-state index is 0.342. The smallest absolute Gasteiger partial charge is 0.191 e.